The first-order valence-corrected chi connectivity index (χ1v) is 5.39. The van der Waals surface area contributed by atoms with Gasteiger partial charge in [0.25, 0.3) is 0 Å². The molecular formula is C13H11F2NO3. The van der Waals surface area contributed by atoms with Crippen LogP contribution in [0.5, 0.6) is 0 Å². The van der Waals surface area contributed by atoms with E-state index in [0.717, 1.165) is 12.1 Å². The number of halogens is 2. The average molecular weight is 267 g/mol. The molecule has 0 saturated carbocycles. The molecule has 0 aliphatic heterocycles. The summed E-state index contributed by atoms with van der Waals surface area (Å²) in [6.07, 6.45) is 0. The highest BCUT2D eigenvalue weighted by Gasteiger charge is 2.20. The molecule has 1 aromatic carbocycles. The summed E-state index contributed by atoms with van der Waals surface area (Å²) in [5.74, 6) is -2.21. The number of furan rings is 1. The molecule has 6 heteroatoms. The second-order valence-corrected chi connectivity index (χ2v) is 3.88. The lowest BCUT2D eigenvalue weighted by molar-refractivity contribution is 0.0995. The summed E-state index contributed by atoms with van der Waals surface area (Å²) in [7, 11) is 1.47. The van der Waals surface area contributed by atoms with Gasteiger partial charge in [-0.3, -0.25) is 4.79 Å². The lowest BCUT2D eigenvalue weighted by Crippen LogP contribution is -2.06. The Morgan fingerprint density at radius 3 is 2.79 bits per heavy atom. The number of nitrogen functional groups attached to an aromatic ring is 1. The van der Waals surface area contributed by atoms with Crippen LogP contribution in [0, 0.1) is 11.6 Å². The molecule has 0 amide bonds. The van der Waals surface area contributed by atoms with Crippen molar-refractivity contribution in [3.05, 3.63) is 53.0 Å². The zero-order valence-electron chi connectivity index (χ0n) is 10.1. The largest absolute Gasteiger partial charge is 0.455 e. The quantitative estimate of drug-likeness (QED) is 0.682. The van der Waals surface area contributed by atoms with Crippen molar-refractivity contribution in [3.8, 4) is 0 Å². The van der Waals surface area contributed by atoms with E-state index in [9.17, 15) is 13.6 Å². The number of rotatable bonds is 4. The van der Waals surface area contributed by atoms with Gasteiger partial charge >= 0.3 is 0 Å². The van der Waals surface area contributed by atoms with Crippen LogP contribution in [0.3, 0.4) is 0 Å². The van der Waals surface area contributed by atoms with Gasteiger partial charge in [-0.15, -0.1) is 0 Å². The Labute approximate surface area is 107 Å². The molecule has 2 rings (SSSR count). The highest BCUT2D eigenvalue weighted by Crippen LogP contribution is 2.21. The summed E-state index contributed by atoms with van der Waals surface area (Å²) in [6.45, 7) is 0.182. The Hall–Kier alpha value is -2.21. The minimum absolute atomic E-state index is 0.101. The van der Waals surface area contributed by atoms with E-state index in [2.05, 4.69) is 0 Å². The van der Waals surface area contributed by atoms with E-state index in [1.54, 1.807) is 0 Å². The van der Waals surface area contributed by atoms with Crippen molar-refractivity contribution in [3.63, 3.8) is 0 Å². The number of methoxy groups -OCH3 is 1. The highest BCUT2D eigenvalue weighted by atomic mass is 19.1. The van der Waals surface area contributed by atoms with Gasteiger partial charge in [0.05, 0.1) is 11.3 Å². The maximum atomic E-state index is 13.7. The number of ether oxygens (including phenoxy) is 1. The maximum absolute atomic E-state index is 13.7. The molecule has 0 spiro atoms. The lowest BCUT2D eigenvalue weighted by atomic mass is 10.1. The Kier molecular flexibility index (Phi) is 3.62. The molecule has 2 aromatic rings. The van der Waals surface area contributed by atoms with Crippen molar-refractivity contribution < 1.29 is 22.7 Å². The third-order valence-corrected chi connectivity index (χ3v) is 2.48. The summed E-state index contributed by atoms with van der Waals surface area (Å²) < 4.78 is 36.9. The molecule has 0 atom stereocenters. The molecule has 2 N–H and O–H groups in total. The Morgan fingerprint density at radius 1 is 1.37 bits per heavy atom. The van der Waals surface area contributed by atoms with Crippen molar-refractivity contribution in [1.29, 1.82) is 0 Å². The topological polar surface area (TPSA) is 65.5 Å². The molecule has 0 fully saturated rings. The van der Waals surface area contributed by atoms with Crippen LogP contribution >= 0.6 is 0 Å². The number of carbonyl (C=O) groups excluding carboxylic acids is 1. The van der Waals surface area contributed by atoms with Gasteiger partial charge in [0.2, 0.25) is 5.78 Å². The van der Waals surface area contributed by atoms with Gasteiger partial charge in [-0.1, -0.05) is 0 Å². The molecule has 0 aliphatic rings. The number of carbonyl (C=O) groups is 1. The van der Waals surface area contributed by atoms with Crippen LogP contribution in [0.15, 0.2) is 28.7 Å². The second-order valence-electron chi connectivity index (χ2n) is 3.88. The smallest absolute Gasteiger partial charge is 0.231 e. The molecule has 0 saturated heterocycles. The Morgan fingerprint density at radius 2 is 2.11 bits per heavy atom. The first kappa shape index (κ1) is 13.2. The fraction of sp³-hybridized carbons (Fsp3) is 0.154. The number of nitrogens with two attached hydrogens (primary N) is 1. The van der Waals surface area contributed by atoms with Gasteiger partial charge in [0.1, 0.15) is 18.2 Å². The van der Waals surface area contributed by atoms with Gasteiger partial charge in [-0.2, -0.15) is 0 Å². The minimum atomic E-state index is -0.962. The van der Waals surface area contributed by atoms with Crippen LogP contribution < -0.4 is 5.73 Å². The van der Waals surface area contributed by atoms with E-state index in [1.165, 1.54) is 19.2 Å². The van der Waals surface area contributed by atoms with Crippen molar-refractivity contribution in [2.75, 3.05) is 12.8 Å². The third kappa shape index (κ3) is 2.63. The van der Waals surface area contributed by atoms with Crippen LogP contribution in [0.25, 0.3) is 0 Å². The van der Waals surface area contributed by atoms with E-state index < -0.39 is 28.7 Å². The summed E-state index contributed by atoms with van der Waals surface area (Å²) in [6, 6.07) is 4.49. The number of hydrogen-bond acceptors (Lipinski definition) is 4. The first-order valence-electron chi connectivity index (χ1n) is 5.39. The van der Waals surface area contributed by atoms with E-state index in [4.69, 9.17) is 14.9 Å². The molecular weight excluding hydrogens is 256 g/mol. The monoisotopic (exact) mass is 267 g/mol. The normalized spacial score (nSPS) is 10.7. The predicted octanol–water partition coefficient (Wildman–Crippen LogP) is 2.52. The summed E-state index contributed by atoms with van der Waals surface area (Å²) in [4.78, 5) is 12.0. The lowest BCUT2D eigenvalue weighted by Gasteiger charge is -2.03. The van der Waals surface area contributed by atoms with E-state index in [-0.39, 0.29) is 12.4 Å². The van der Waals surface area contributed by atoms with Gasteiger partial charge in [0.15, 0.2) is 11.6 Å². The minimum Gasteiger partial charge on any atom is -0.455 e. The number of hydrogen-bond donors (Lipinski definition) is 1. The van der Waals surface area contributed by atoms with Crippen molar-refractivity contribution in [2.45, 2.75) is 6.61 Å². The summed E-state index contributed by atoms with van der Waals surface area (Å²) in [5.41, 5.74) is 4.39. The van der Waals surface area contributed by atoms with Crippen LogP contribution in [0.4, 0.5) is 14.5 Å². The fourth-order valence-electron chi connectivity index (χ4n) is 1.63. The Balaban J connectivity index is 2.38. The highest BCUT2D eigenvalue weighted by molar-refractivity contribution is 6.07. The molecule has 0 radical (unpaired) electrons. The van der Waals surface area contributed by atoms with E-state index >= 15 is 0 Å². The van der Waals surface area contributed by atoms with Crippen LogP contribution in [-0.4, -0.2) is 12.9 Å². The molecule has 0 bridgehead atoms. The number of benzene rings is 1. The van der Waals surface area contributed by atoms with Crippen molar-refractivity contribution in [1.82, 2.24) is 0 Å². The second kappa shape index (κ2) is 5.19. The molecule has 4 nitrogen and oxygen atoms in total. The molecule has 1 heterocycles. The zero-order valence-corrected chi connectivity index (χ0v) is 10.1. The standard InChI is InChI=1S/C13H11F2NO3/c1-18-6-8-2-3-11(19-8)13(17)9-4-7(14)5-10(16)12(9)15/h2-5H,6,16H2,1H3. The Bertz CT molecular complexity index is 622. The van der Waals surface area contributed by atoms with Gasteiger partial charge in [0, 0.05) is 7.11 Å². The van der Waals surface area contributed by atoms with E-state index in [0.29, 0.717) is 5.76 Å². The van der Waals surface area contributed by atoms with Crippen molar-refractivity contribution in [2.24, 2.45) is 0 Å². The van der Waals surface area contributed by atoms with Crippen LogP contribution in [-0.2, 0) is 11.3 Å². The first-order chi connectivity index (χ1) is 9.02. The number of anilines is 1. The van der Waals surface area contributed by atoms with Gasteiger partial charge < -0.3 is 14.9 Å². The SMILES string of the molecule is COCc1ccc(C(=O)c2cc(F)cc(N)c2F)o1. The number of ketones is 1. The zero-order chi connectivity index (χ0) is 14.0. The molecule has 0 aliphatic carbocycles. The van der Waals surface area contributed by atoms with E-state index in [1.807, 2.05) is 0 Å². The van der Waals surface area contributed by atoms with Crippen LogP contribution in [0.2, 0.25) is 0 Å². The summed E-state index contributed by atoms with van der Waals surface area (Å²) >= 11 is 0. The molecule has 0 unspecified atom stereocenters. The molecule has 1 aromatic heterocycles. The van der Waals surface area contributed by atoms with Gasteiger partial charge in [-0.25, -0.2) is 8.78 Å². The van der Waals surface area contributed by atoms with Gasteiger partial charge in [-0.05, 0) is 24.3 Å². The van der Waals surface area contributed by atoms with Crippen LogP contribution in [0.1, 0.15) is 21.9 Å². The molecule has 19 heavy (non-hydrogen) atoms. The fourth-order valence-corrected chi connectivity index (χ4v) is 1.63. The average Bonchev–Trinajstić information content (AvgIpc) is 2.82. The summed E-state index contributed by atoms with van der Waals surface area (Å²) in [5, 5.41) is 0. The van der Waals surface area contributed by atoms with Crippen molar-refractivity contribution >= 4 is 11.5 Å². The predicted molar refractivity (Wildman–Crippen MR) is 63.6 cm³/mol. The maximum Gasteiger partial charge on any atom is 0.231 e. The third-order valence-electron chi connectivity index (χ3n) is 2.48. The molecule has 100 valence electrons.